The first-order valence-corrected chi connectivity index (χ1v) is 9.20. The third kappa shape index (κ3) is 5.85. The van der Waals surface area contributed by atoms with Crippen molar-refractivity contribution >= 4 is 5.69 Å². The van der Waals surface area contributed by atoms with Crippen molar-refractivity contribution in [3.8, 4) is 0 Å². The number of rotatable bonds is 7. The van der Waals surface area contributed by atoms with E-state index in [1.807, 2.05) is 12.1 Å². The van der Waals surface area contributed by atoms with Crippen molar-refractivity contribution in [2.75, 3.05) is 52.0 Å². The summed E-state index contributed by atoms with van der Waals surface area (Å²) in [6, 6.07) is 19.0. The molecular weight excluding hydrogens is 308 g/mol. The normalized spacial score (nSPS) is 16.4. The zero-order valence-corrected chi connectivity index (χ0v) is 15.3. The molecule has 0 spiro atoms. The number of nitrogen functional groups attached to an aromatic ring is 1. The quantitative estimate of drug-likeness (QED) is 0.787. The van der Waals surface area contributed by atoms with E-state index in [9.17, 15) is 0 Å². The topological polar surface area (TPSA) is 35.7 Å². The highest BCUT2D eigenvalue weighted by atomic mass is 15.3. The first-order valence-electron chi connectivity index (χ1n) is 9.20. The Morgan fingerprint density at radius 1 is 0.880 bits per heavy atom. The minimum absolute atomic E-state index is 0.859. The van der Waals surface area contributed by atoms with Crippen molar-refractivity contribution in [2.24, 2.45) is 0 Å². The standard InChI is InChI=1S/C21H30N4/c1-23(17-19-6-3-2-4-7-19)10-11-24-12-14-25(15-13-24)18-20-8-5-9-21(22)16-20/h2-9,16H,10-15,17-18,22H2,1H3. The van der Waals surface area contributed by atoms with Gasteiger partial charge in [0.2, 0.25) is 0 Å². The molecule has 1 fully saturated rings. The van der Waals surface area contributed by atoms with Crippen LogP contribution < -0.4 is 5.73 Å². The van der Waals surface area contributed by atoms with Crippen LogP contribution in [-0.4, -0.2) is 61.0 Å². The summed E-state index contributed by atoms with van der Waals surface area (Å²) in [7, 11) is 2.21. The fraction of sp³-hybridized carbons (Fsp3) is 0.429. The number of nitrogens with two attached hydrogens (primary N) is 1. The average Bonchev–Trinajstić information content (AvgIpc) is 2.62. The smallest absolute Gasteiger partial charge is 0.0317 e. The van der Waals surface area contributed by atoms with E-state index < -0.39 is 0 Å². The Labute approximate surface area is 151 Å². The minimum atomic E-state index is 0.859. The largest absolute Gasteiger partial charge is 0.399 e. The third-order valence-corrected chi connectivity index (χ3v) is 4.92. The van der Waals surface area contributed by atoms with E-state index in [4.69, 9.17) is 5.73 Å². The molecule has 2 N–H and O–H groups in total. The van der Waals surface area contributed by atoms with Crippen LogP contribution in [0.4, 0.5) is 5.69 Å². The predicted octanol–water partition coefficient (Wildman–Crippen LogP) is 2.52. The van der Waals surface area contributed by atoms with E-state index >= 15 is 0 Å². The molecule has 0 saturated carbocycles. The van der Waals surface area contributed by atoms with Gasteiger partial charge in [0.25, 0.3) is 0 Å². The number of hydrogen-bond donors (Lipinski definition) is 1. The number of nitrogens with zero attached hydrogens (tertiary/aromatic N) is 3. The molecule has 4 nitrogen and oxygen atoms in total. The van der Waals surface area contributed by atoms with E-state index in [1.165, 1.54) is 11.1 Å². The van der Waals surface area contributed by atoms with E-state index in [-0.39, 0.29) is 0 Å². The van der Waals surface area contributed by atoms with Crippen LogP contribution in [0.15, 0.2) is 54.6 Å². The summed E-state index contributed by atoms with van der Waals surface area (Å²) in [5.41, 5.74) is 9.44. The molecule has 0 aliphatic carbocycles. The van der Waals surface area contributed by atoms with Crippen LogP contribution in [0, 0.1) is 0 Å². The van der Waals surface area contributed by atoms with Crippen LogP contribution in [-0.2, 0) is 13.1 Å². The third-order valence-electron chi connectivity index (χ3n) is 4.92. The Kier molecular flexibility index (Phi) is 6.45. The lowest BCUT2D eigenvalue weighted by molar-refractivity contribution is 0.117. The summed E-state index contributed by atoms with van der Waals surface area (Å²) < 4.78 is 0. The molecule has 0 bridgehead atoms. The van der Waals surface area contributed by atoms with Crippen LogP contribution in [0.3, 0.4) is 0 Å². The highest BCUT2D eigenvalue weighted by molar-refractivity contribution is 5.40. The average molecular weight is 338 g/mol. The van der Waals surface area contributed by atoms with Gasteiger partial charge >= 0.3 is 0 Å². The number of anilines is 1. The van der Waals surface area contributed by atoms with Crippen LogP contribution in [0.25, 0.3) is 0 Å². The molecule has 3 rings (SSSR count). The van der Waals surface area contributed by atoms with Crippen molar-refractivity contribution in [1.82, 2.24) is 14.7 Å². The first-order chi connectivity index (χ1) is 12.2. The molecule has 1 aliphatic rings. The molecule has 1 saturated heterocycles. The van der Waals surface area contributed by atoms with Gasteiger partial charge in [0.05, 0.1) is 0 Å². The molecule has 2 aromatic carbocycles. The fourth-order valence-corrected chi connectivity index (χ4v) is 3.41. The molecule has 0 radical (unpaired) electrons. The maximum atomic E-state index is 5.88. The van der Waals surface area contributed by atoms with Gasteiger partial charge in [0.1, 0.15) is 0 Å². The molecule has 1 aliphatic heterocycles. The van der Waals surface area contributed by atoms with Crippen LogP contribution >= 0.6 is 0 Å². The van der Waals surface area contributed by atoms with Crippen LogP contribution in [0.5, 0.6) is 0 Å². The lowest BCUT2D eigenvalue weighted by Gasteiger charge is -2.35. The highest BCUT2D eigenvalue weighted by Gasteiger charge is 2.17. The lowest BCUT2D eigenvalue weighted by Crippen LogP contribution is -2.47. The van der Waals surface area contributed by atoms with Crippen molar-refractivity contribution in [1.29, 1.82) is 0 Å². The summed E-state index contributed by atoms with van der Waals surface area (Å²) in [6.07, 6.45) is 0. The lowest BCUT2D eigenvalue weighted by atomic mass is 10.1. The van der Waals surface area contributed by atoms with E-state index in [1.54, 1.807) is 0 Å². The Bertz CT molecular complexity index is 635. The second-order valence-corrected chi connectivity index (χ2v) is 7.09. The highest BCUT2D eigenvalue weighted by Crippen LogP contribution is 2.12. The van der Waals surface area contributed by atoms with E-state index in [2.05, 4.69) is 64.2 Å². The number of piperazine rings is 1. The van der Waals surface area contributed by atoms with Gasteiger partial charge in [-0.05, 0) is 30.3 Å². The summed E-state index contributed by atoms with van der Waals surface area (Å²) in [6.45, 7) is 8.87. The number of benzene rings is 2. The summed E-state index contributed by atoms with van der Waals surface area (Å²) in [5.74, 6) is 0. The van der Waals surface area contributed by atoms with E-state index in [0.29, 0.717) is 0 Å². The van der Waals surface area contributed by atoms with Crippen molar-refractivity contribution in [2.45, 2.75) is 13.1 Å². The number of likely N-dealkylation sites (N-methyl/N-ethyl adjacent to an activating group) is 1. The molecule has 0 amide bonds. The zero-order valence-electron chi connectivity index (χ0n) is 15.3. The Balaban J connectivity index is 1.36. The molecular formula is C21H30N4. The molecule has 0 atom stereocenters. The van der Waals surface area contributed by atoms with Gasteiger partial charge in [0, 0.05) is 58.0 Å². The van der Waals surface area contributed by atoms with Crippen molar-refractivity contribution < 1.29 is 0 Å². The molecule has 2 aromatic rings. The van der Waals surface area contributed by atoms with Gasteiger partial charge < -0.3 is 10.6 Å². The Morgan fingerprint density at radius 2 is 1.56 bits per heavy atom. The molecule has 0 unspecified atom stereocenters. The maximum absolute atomic E-state index is 5.88. The monoisotopic (exact) mass is 338 g/mol. The summed E-state index contributed by atoms with van der Waals surface area (Å²) in [5, 5.41) is 0. The SMILES string of the molecule is CN(CCN1CCN(Cc2cccc(N)c2)CC1)Cc1ccccc1. The van der Waals surface area contributed by atoms with Crippen LogP contribution in [0.2, 0.25) is 0 Å². The molecule has 4 heteroatoms. The number of hydrogen-bond acceptors (Lipinski definition) is 4. The summed E-state index contributed by atoms with van der Waals surface area (Å²) in [4.78, 5) is 7.52. The first kappa shape index (κ1) is 17.9. The van der Waals surface area contributed by atoms with Gasteiger partial charge in [-0.3, -0.25) is 9.80 Å². The van der Waals surface area contributed by atoms with E-state index in [0.717, 1.165) is 58.0 Å². The maximum Gasteiger partial charge on any atom is 0.0317 e. The summed E-state index contributed by atoms with van der Waals surface area (Å²) >= 11 is 0. The molecule has 1 heterocycles. The van der Waals surface area contributed by atoms with Gasteiger partial charge in [-0.1, -0.05) is 42.5 Å². The molecule has 0 aromatic heterocycles. The predicted molar refractivity (Wildman–Crippen MR) is 105 cm³/mol. The van der Waals surface area contributed by atoms with Crippen molar-refractivity contribution in [3.05, 3.63) is 65.7 Å². The Hall–Kier alpha value is -1.88. The van der Waals surface area contributed by atoms with Gasteiger partial charge in [-0.2, -0.15) is 0 Å². The van der Waals surface area contributed by atoms with Gasteiger partial charge in [-0.25, -0.2) is 0 Å². The Morgan fingerprint density at radius 3 is 2.28 bits per heavy atom. The van der Waals surface area contributed by atoms with Gasteiger partial charge in [0.15, 0.2) is 0 Å². The molecule has 25 heavy (non-hydrogen) atoms. The van der Waals surface area contributed by atoms with Crippen molar-refractivity contribution in [3.63, 3.8) is 0 Å². The minimum Gasteiger partial charge on any atom is -0.399 e. The zero-order chi connectivity index (χ0) is 17.5. The molecule has 134 valence electrons. The van der Waals surface area contributed by atoms with Gasteiger partial charge in [-0.15, -0.1) is 0 Å². The second-order valence-electron chi connectivity index (χ2n) is 7.09. The van der Waals surface area contributed by atoms with Crippen LogP contribution in [0.1, 0.15) is 11.1 Å². The fourth-order valence-electron chi connectivity index (χ4n) is 3.41. The second kappa shape index (κ2) is 8.99.